The van der Waals surface area contributed by atoms with Gasteiger partial charge in [0.2, 0.25) is 0 Å². The van der Waals surface area contributed by atoms with Crippen LogP contribution in [0, 0.1) is 6.92 Å². The molecule has 0 saturated heterocycles. The van der Waals surface area contributed by atoms with Gasteiger partial charge in [-0.15, -0.1) is 11.3 Å². The molecule has 0 aliphatic heterocycles. The lowest BCUT2D eigenvalue weighted by molar-refractivity contribution is 1.32. The summed E-state index contributed by atoms with van der Waals surface area (Å²) in [6, 6.07) is 3.53. The first-order valence-electron chi connectivity index (χ1n) is 4.01. The number of aryl methyl sites for hydroxylation is 1. The average molecular weight is 226 g/mol. The Morgan fingerprint density at radius 2 is 2.21 bits per heavy atom. The number of nitrogens with two attached hydrogens (primary N) is 1. The maximum Gasteiger partial charge on any atom is 0.132 e. The number of anilines is 1. The van der Waals surface area contributed by atoms with Crippen molar-refractivity contribution >= 4 is 28.8 Å². The molecule has 2 N–H and O–H groups in total. The minimum absolute atomic E-state index is 0.396. The topological polar surface area (TPSA) is 51.8 Å². The third-order valence-corrected chi connectivity index (χ3v) is 2.84. The highest BCUT2D eigenvalue weighted by Crippen LogP contribution is 2.27. The summed E-state index contributed by atoms with van der Waals surface area (Å²) in [6.45, 7) is 2.01. The van der Waals surface area contributed by atoms with Crippen LogP contribution < -0.4 is 5.73 Å². The zero-order valence-electron chi connectivity index (χ0n) is 7.49. The van der Waals surface area contributed by atoms with E-state index in [1.165, 1.54) is 0 Å². The second kappa shape index (κ2) is 3.55. The van der Waals surface area contributed by atoms with Crippen molar-refractivity contribution in [1.82, 2.24) is 9.97 Å². The lowest BCUT2D eigenvalue weighted by Crippen LogP contribution is -1.90. The molecule has 2 aromatic rings. The third-order valence-electron chi connectivity index (χ3n) is 1.68. The highest BCUT2D eigenvalue weighted by molar-refractivity contribution is 7.14. The summed E-state index contributed by atoms with van der Waals surface area (Å²) in [7, 11) is 0. The van der Waals surface area contributed by atoms with Crippen LogP contribution in [0.25, 0.3) is 10.6 Å². The molecule has 0 amide bonds. The normalized spacial score (nSPS) is 10.4. The maximum absolute atomic E-state index is 5.79. The van der Waals surface area contributed by atoms with Crippen LogP contribution in [-0.2, 0) is 0 Å². The molecule has 0 atom stereocenters. The average Bonchev–Trinajstić information content (AvgIpc) is 2.50. The zero-order valence-corrected chi connectivity index (χ0v) is 9.06. The van der Waals surface area contributed by atoms with E-state index in [2.05, 4.69) is 9.97 Å². The number of rotatable bonds is 1. The van der Waals surface area contributed by atoms with Crippen LogP contribution in [0.2, 0.25) is 5.15 Å². The van der Waals surface area contributed by atoms with Crippen LogP contribution in [-0.4, -0.2) is 9.97 Å². The minimum Gasteiger partial charge on any atom is -0.384 e. The lowest BCUT2D eigenvalue weighted by atomic mass is 10.3. The Balaban J connectivity index is 2.51. The molecular weight excluding hydrogens is 218 g/mol. The standard InChI is InChI=1S/C9H8ClN3S/c1-5-4-12-9(14-5)6-2-7(10)13-8(11)3-6/h2-4H,1H3,(H2,11,13). The second-order valence-electron chi connectivity index (χ2n) is 2.88. The predicted molar refractivity (Wildman–Crippen MR) is 59.5 cm³/mol. The smallest absolute Gasteiger partial charge is 0.132 e. The summed E-state index contributed by atoms with van der Waals surface area (Å²) in [5.74, 6) is 0.417. The summed E-state index contributed by atoms with van der Waals surface area (Å²) in [5, 5.41) is 1.31. The number of pyridine rings is 1. The number of nitrogens with zero attached hydrogens (tertiary/aromatic N) is 2. The van der Waals surface area contributed by atoms with Crippen LogP contribution >= 0.6 is 22.9 Å². The van der Waals surface area contributed by atoms with Crippen molar-refractivity contribution in [3.8, 4) is 10.6 Å². The molecule has 72 valence electrons. The molecule has 0 bridgehead atoms. The van der Waals surface area contributed by atoms with Crippen LogP contribution in [0.5, 0.6) is 0 Å². The first-order chi connectivity index (χ1) is 6.65. The quantitative estimate of drug-likeness (QED) is 0.760. The molecule has 2 aromatic heterocycles. The third kappa shape index (κ3) is 1.86. The van der Waals surface area contributed by atoms with Crippen molar-refractivity contribution in [3.63, 3.8) is 0 Å². The fraction of sp³-hybridized carbons (Fsp3) is 0.111. The summed E-state index contributed by atoms with van der Waals surface area (Å²) >= 11 is 7.40. The van der Waals surface area contributed by atoms with E-state index in [1.54, 1.807) is 23.5 Å². The molecule has 0 fully saturated rings. The van der Waals surface area contributed by atoms with E-state index in [0.29, 0.717) is 11.0 Å². The van der Waals surface area contributed by atoms with E-state index in [4.69, 9.17) is 17.3 Å². The van der Waals surface area contributed by atoms with Gasteiger partial charge in [0.25, 0.3) is 0 Å². The number of hydrogen-bond acceptors (Lipinski definition) is 4. The molecule has 5 heteroatoms. The Kier molecular flexibility index (Phi) is 2.39. The van der Waals surface area contributed by atoms with Crippen molar-refractivity contribution < 1.29 is 0 Å². The van der Waals surface area contributed by atoms with Crippen molar-refractivity contribution in [2.45, 2.75) is 6.92 Å². The molecule has 0 radical (unpaired) electrons. The Morgan fingerprint density at radius 1 is 1.43 bits per heavy atom. The predicted octanol–water partition coefficient (Wildman–Crippen LogP) is 2.75. The van der Waals surface area contributed by atoms with E-state index in [0.717, 1.165) is 15.4 Å². The van der Waals surface area contributed by atoms with Crippen molar-refractivity contribution in [3.05, 3.63) is 28.4 Å². The number of halogens is 1. The summed E-state index contributed by atoms with van der Waals surface area (Å²) in [6.07, 6.45) is 1.82. The van der Waals surface area contributed by atoms with E-state index in [1.807, 2.05) is 13.1 Å². The van der Waals surface area contributed by atoms with Gasteiger partial charge >= 0.3 is 0 Å². The van der Waals surface area contributed by atoms with Gasteiger partial charge in [-0.05, 0) is 19.1 Å². The summed E-state index contributed by atoms with van der Waals surface area (Å²) in [5.41, 5.74) is 6.50. The SMILES string of the molecule is Cc1cnc(-c2cc(N)nc(Cl)c2)s1. The maximum atomic E-state index is 5.79. The Bertz CT molecular complexity index is 447. The number of nitrogen functional groups attached to an aromatic ring is 1. The van der Waals surface area contributed by atoms with Gasteiger partial charge in [0.05, 0.1) is 0 Å². The van der Waals surface area contributed by atoms with Crippen molar-refractivity contribution in [2.75, 3.05) is 5.73 Å². The minimum atomic E-state index is 0.396. The van der Waals surface area contributed by atoms with Gasteiger partial charge in [-0.25, -0.2) is 9.97 Å². The lowest BCUT2D eigenvalue weighted by Gasteiger charge is -1.98. The molecule has 2 rings (SSSR count). The van der Waals surface area contributed by atoms with E-state index < -0.39 is 0 Å². The molecule has 2 heterocycles. The Labute approximate surface area is 90.6 Å². The first-order valence-corrected chi connectivity index (χ1v) is 5.20. The van der Waals surface area contributed by atoms with Gasteiger partial charge in [0, 0.05) is 16.6 Å². The molecule has 0 aliphatic carbocycles. The van der Waals surface area contributed by atoms with Gasteiger partial charge in [0.1, 0.15) is 16.0 Å². The van der Waals surface area contributed by atoms with E-state index >= 15 is 0 Å². The van der Waals surface area contributed by atoms with Crippen LogP contribution in [0.3, 0.4) is 0 Å². The fourth-order valence-electron chi connectivity index (χ4n) is 1.13. The number of thiazole rings is 1. The molecule has 0 aliphatic rings. The molecule has 3 nitrogen and oxygen atoms in total. The zero-order chi connectivity index (χ0) is 10.1. The highest BCUT2D eigenvalue weighted by Gasteiger charge is 2.05. The first kappa shape index (κ1) is 9.43. The van der Waals surface area contributed by atoms with Crippen molar-refractivity contribution in [1.29, 1.82) is 0 Å². The van der Waals surface area contributed by atoms with Crippen LogP contribution in [0.4, 0.5) is 5.82 Å². The molecular formula is C9H8ClN3S. The second-order valence-corrected chi connectivity index (χ2v) is 4.50. The van der Waals surface area contributed by atoms with Gasteiger partial charge in [-0.2, -0.15) is 0 Å². The van der Waals surface area contributed by atoms with Gasteiger partial charge < -0.3 is 5.73 Å². The number of hydrogen-bond donors (Lipinski definition) is 1. The molecule has 14 heavy (non-hydrogen) atoms. The van der Waals surface area contributed by atoms with E-state index in [9.17, 15) is 0 Å². The van der Waals surface area contributed by atoms with Crippen LogP contribution in [0.15, 0.2) is 18.3 Å². The van der Waals surface area contributed by atoms with E-state index in [-0.39, 0.29) is 0 Å². The van der Waals surface area contributed by atoms with Crippen molar-refractivity contribution in [2.24, 2.45) is 0 Å². The Morgan fingerprint density at radius 3 is 2.79 bits per heavy atom. The molecule has 0 unspecified atom stereocenters. The summed E-state index contributed by atoms with van der Waals surface area (Å²) < 4.78 is 0. The molecule has 0 aromatic carbocycles. The molecule has 0 saturated carbocycles. The fourth-order valence-corrected chi connectivity index (χ4v) is 2.10. The number of aromatic nitrogens is 2. The Hall–Kier alpha value is -1.13. The van der Waals surface area contributed by atoms with Gasteiger partial charge in [-0.1, -0.05) is 11.6 Å². The highest BCUT2D eigenvalue weighted by atomic mass is 35.5. The van der Waals surface area contributed by atoms with Gasteiger partial charge in [-0.3, -0.25) is 0 Å². The summed E-state index contributed by atoms with van der Waals surface area (Å²) in [4.78, 5) is 9.29. The molecule has 0 spiro atoms. The van der Waals surface area contributed by atoms with Gasteiger partial charge in [0.15, 0.2) is 0 Å². The monoisotopic (exact) mass is 225 g/mol. The van der Waals surface area contributed by atoms with Crippen LogP contribution in [0.1, 0.15) is 4.88 Å². The largest absolute Gasteiger partial charge is 0.384 e.